The van der Waals surface area contributed by atoms with Gasteiger partial charge >= 0.3 is 0 Å². The quantitative estimate of drug-likeness (QED) is 0.831. The highest BCUT2D eigenvalue weighted by Crippen LogP contribution is 2.28. The van der Waals surface area contributed by atoms with Gasteiger partial charge in [0.05, 0.1) is 16.3 Å². The molecular formula is C13H14ClN3O2S. The van der Waals surface area contributed by atoms with Gasteiger partial charge in [0.2, 0.25) is 11.8 Å². The van der Waals surface area contributed by atoms with Gasteiger partial charge in [-0.15, -0.1) is 10.2 Å². The van der Waals surface area contributed by atoms with Crippen LogP contribution in [0.1, 0.15) is 13.3 Å². The Morgan fingerprint density at radius 1 is 1.40 bits per heavy atom. The summed E-state index contributed by atoms with van der Waals surface area (Å²) in [5.41, 5.74) is 0.684. The summed E-state index contributed by atoms with van der Waals surface area (Å²) in [6.07, 6.45) is 0.910. The van der Waals surface area contributed by atoms with Crippen LogP contribution in [0.5, 0.6) is 0 Å². The minimum atomic E-state index is -0.0469. The number of nitrogens with zero attached hydrogens (tertiary/aromatic N) is 2. The van der Waals surface area contributed by atoms with E-state index in [0.717, 1.165) is 6.42 Å². The van der Waals surface area contributed by atoms with E-state index in [-0.39, 0.29) is 11.7 Å². The molecule has 0 aliphatic heterocycles. The lowest BCUT2D eigenvalue weighted by molar-refractivity contribution is -0.118. The lowest BCUT2D eigenvalue weighted by Crippen LogP contribution is -2.25. The Morgan fingerprint density at radius 3 is 2.95 bits per heavy atom. The van der Waals surface area contributed by atoms with Gasteiger partial charge in [-0.2, -0.15) is 0 Å². The van der Waals surface area contributed by atoms with E-state index in [1.54, 1.807) is 12.1 Å². The van der Waals surface area contributed by atoms with Crippen molar-refractivity contribution < 1.29 is 9.21 Å². The van der Waals surface area contributed by atoms with E-state index in [1.165, 1.54) is 11.8 Å². The third-order valence-corrected chi connectivity index (χ3v) is 3.56. The van der Waals surface area contributed by atoms with Crippen LogP contribution >= 0.6 is 23.4 Å². The number of nitrogens with one attached hydrogen (secondary N) is 1. The molecule has 2 rings (SSSR count). The number of hydrogen-bond donors (Lipinski definition) is 1. The Kier molecular flexibility index (Phi) is 5.43. The van der Waals surface area contributed by atoms with Gasteiger partial charge in [0.15, 0.2) is 0 Å². The van der Waals surface area contributed by atoms with E-state index >= 15 is 0 Å². The molecule has 0 aliphatic carbocycles. The third-order valence-electron chi connectivity index (χ3n) is 2.41. The standard InChI is InChI=1S/C13H14ClN3O2S/c1-2-7-15-11(18)8-20-13-17-16-12(19-13)9-5-3-4-6-10(9)14/h3-6H,2,7-8H2,1H3,(H,15,18). The molecule has 0 bridgehead atoms. The van der Waals surface area contributed by atoms with E-state index in [0.29, 0.717) is 28.2 Å². The first kappa shape index (κ1) is 14.9. The van der Waals surface area contributed by atoms with Crippen LogP contribution in [-0.2, 0) is 4.79 Å². The lowest BCUT2D eigenvalue weighted by atomic mass is 10.2. The van der Waals surface area contributed by atoms with Crippen LogP contribution in [0.2, 0.25) is 5.02 Å². The van der Waals surface area contributed by atoms with Gasteiger partial charge in [0.25, 0.3) is 5.22 Å². The van der Waals surface area contributed by atoms with Crippen molar-refractivity contribution in [3.63, 3.8) is 0 Å². The first-order chi connectivity index (χ1) is 9.70. The molecule has 20 heavy (non-hydrogen) atoms. The molecule has 1 heterocycles. The molecule has 2 aromatic rings. The minimum absolute atomic E-state index is 0.0469. The van der Waals surface area contributed by atoms with Crippen molar-refractivity contribution >= 4 is 29.3 Å². The van der Waals surface area contributed by atoms with Gasteiger partial charge in [-0.25, -0.2) is 0 Å². The maximum Gasteiger partial charge on any atom is 0.277 e. The average molecular weight is 312 g/mol. The SMILES string of the molecule is CCCNC(=O)CSc1nnc(-c2ccccc2Cl)o1. The molecule has 1 aromatic heterocycles. The van der Waals surface area contributed by atoms with Crippen LogP contribution in [0.3, 0.4) is 0 Å². The molecule has 5 nitrogen and oxygen atoms in total. The number of hydrogen-bond acceptors (Lipinski definition) is 5. The lowest BCUT2D eigenvalue weighted by Gasteiger charge is -2.00. The van der Waals surface area contributed by atoms with Crippen molar-refractivity contribution in [2.24, 2.45) is 0 Å². The van der Waals surface area contributed by atoms with Crippen LogP contribution in [0, 0.1) is 0 Å². The largest absolute Gasteiger partial charge is 0.411 e. The second-order valence-electron chi connectivity index (χ2n) is 3.99. The van der Waals surface area contributed by atoms with Crippen molar-refractivity contribution in [3.05, 3.63) is 29.3 Å². The molecule has 0 unspecified atom stereocenters. The predicted molar refractivity (Wildman–Crippen MR) is 78.8 cm³/mol. The van der Waals surface area contributed by atoms with Crippen molar-refractivity contribution in [2.45, 2.75) is 18.6 Å². The molecule has 0 spiro atoms. The number of halogens is 1. The molecule has 0 atom stereocenters. The van der Waals surface area contributed by atoms with Gasteiger partial charge in [-0.3, -0.25) is 4.79 Å². The molecular weight excluding hydrogens is 298 g/mol. The van der Waals surface area contributed by atoms with Gasteiger partial charge < -0.3 is 9.73 Å². The van der Waals surface area contributed by atoms with E-state index < -0.39 is 0 Å². The van der Waals surface area contributed by atoms with Crippen molar-refractivity contribution in [2.75, 3.05) is 12.3 Å². The molecule has 0 saturated heterocycles. The number of thioether (sulfide) groups is 1. The normalized spacial score (nSPS) is 10.5. The van der Waals surface area contributed by atoms with Crippen LogP contribution in [0.15, 0.2) is 33.9 Å². The molecule has 106 valence electrons. The topological polar surface area (TPSA) is 68.0 Å². The fourth-order valence-corrected chi connectivity index (χ4v) is 2.26. The Labute approximate surface area is 126 Å². The van der Waals surface area contributed by atoms with Crippen LogP contribution in [-0.4, -0.2) is 28.4 Å². The number of carbonyl (C=O) groups excluding carboxylic acids is 1. The summed E-state index contributed by atoms with van der Waals surface area (Å²) < 4.78 is 5.48. The summed E-state index contributed by atoms with van der Waals surface area (Å²) in [5, 5.41) is 11.5. The zero-order chi connectivity index (χ0) is 14.4. The number of carbonyl (C=O) groups is 1. The number of amides is 1. The Morgan fingerprint density at radius 2 is 2.20 bits per heavy atom. The molecule has 0 fully saturated rings. The summed E-state index contributed by atoms with van der Waals surface area (Å²) in [6, 6.07) is 7.23. The van der Waals surface area contributed by atoms with Gasteiger partial charge in [0.1, 0.15) is 0 Å². The molecule has 0 aliphatic rings. The van der Waals surface area contributed by atoms with Crippen molar-refractivity contribution in [3.8, 4) is 11.5 Å². The Balaban J connectivity index is 1.96. The van der Waals surface area contributed by atoms with E-state index in [9.17, 15) is 4.79 Å². The first-order valence-electron chi connectivity index (χ1n) is 6.18. The van der Waals surface area contributed by atoms with E-state index in [2.05, 4.69) is 15.5 Å². The zero-order valence-corrected chi connectivity index (χ0v) is 12.5. The highest BCUT2D eigenvalue weighted by atomic mass is 35.5. The Bertz CT molecular complexity index is 589. The monoisotopic (exact) mass is 311 g/mol. The van der Waals surface area contributed by atoms with Crippen LogP contribution in [0.25, 0.3) is 11.5 Å². The number of rotatable bonds is 6. The van der Waals surface area contributed by atoms with Gasteiger partial charge in [0, 0.05) is 6.54 Å². The van der Waals surface area contributed by atoms with Crippen molar-refractivity contribution in [1.29, 1.82) is 0 Å². The van der Waals surface area contributed by atoms with Gasteiger partial charge in [-0.05, 0) is 18.6 Å². The van der Waals surface area contributed by atoms with Crippen molar-refractivity contribution in [1.82, 2.24) is 15.5 Å². The highest BCUT2D eigenvalue weighted by Gasteiger charge is 2.12. The summed E-state index contributed by atoms with van der Waals surface area (Å²) in [4.78, 5) is 11.5. The fourth-order valence-electron chi connectivity index (χ4n) is 1.45. The molecule has 7 heteroatoms. The predicted octanol–water partition coefficient (Wildman–Crippen LogP) is 3.01. The number of benzene rings is 1. The Hall–Kier alpha value is -1.53. The number of aromatic nitrogens is 2. The highest BCUT2D eigenvalue weighted by molar-refractivity contribution is 7.99. The molecule has 1 amide bonds. The fraction of sp³-hybridized carbons (Fsp3) is 0.308. The third kappa shape index (κ3) is 3.98. The van der Waals surface area contributed by atoms with Crippen LogP contribution < -0.4 is 5.32 Å². The van der Waals surface area contributed by atoms with E-state index in [4.69, 9.17) is 16.0 Å². The molecule has 0 saturated carbocycles. The maximum atomic E-state index is 11.5. The maximum absolute atomic E-state index is 11.5. The first-order valence-corrected chi connectivity index (χ1v) is 7.55. The minimum Gasteiger partial charge on any atom is -0.411 e. The van der Waals surface area contributed by atoms with Gasteiger partial charge in [-0.1, -0.05) is 42.4 Å². The average Bonchev–Trinajstić information content (AvgIpc) is 2.92. The van der Waals surface area contributed by atoms with E-state index in [1.807, 2.05) is 19.1 Å². The molecule has 1 N–H and O–H groups in total. The smallest absolute Gasteiger partial charge is 0.277 e. The molecule has 0 radical (unpaired) electrons. The van der Waals surface area contributed by atoms with Crippen LogP contribution in [0.4, 0.5) is 0 Å². The second kappa shape index (κ2) is 7.31. The zero-order valence-electron chi connectivity index (χ0n) is 10.9. The summed E-state index contributed by atoms with van der Waals surface area (Å²) in [6.45, 7) is 2.68. The molecule has 1 aromatic carbocycles. The summed E-state index contributed by atoms with van der Waals surface area (Å²) >= 11 is 7.26. The second-order valence-corrected chi connectivity index (χ2v) is 5.33. The summed E-state index contributed by atoms with van der Waals surface area (Å²) in [5.74, 6) is 0.561. The summed E-state index contributed by atoms with van der Waals surface area (Å²) in [7, 11) is 0.